The zero-order chi connectivity index (χ0) is 38.4. The number of methoxy groups -OCH3 is 1. The number of hydrogen-bond acceptors (Lipinski definition) is 6. The highest BCUT2D eigenvalue weighted by atomic mass is 16.6. The van der Waals surface area contributed by atoms with E-state index in [-0.39, 0.29) is 24.0 Å². The molecule has 2 aliphatic heterocycles. The van der Waals surface area contributed by atoms with Crippen molar-refractivity contribution in [3.8, 4) is 16.9 Å². The summed E-state index contributed by atoms with van der Waals surface area (Å²) in [7, 11) is 1.74. The number of aryl methyl sites for hydroxylation is 1. The molecule has 4 aromatic rings. The SMILES string of the molecule is COCCCn1cc(CN(C(=O)[C@H]2CN(C(=O)OC(C)(C)C)CC[C@@H]2c2cccc(-c3ccc(OCCN4CCCCC4)cc3)c2)C2CC2)c2ccccc21. The molecule has 2 saturated heterocycles. The number of likely N-dealkylation sites (tertiary alicyclic amines) is 2. The van der Waals surface area contributed by atoms with E-state index in [1.165, 1.54) is 43.3 Å². The van der Waals surface area contributed by atoms with Gasteiger partial charge >= 0.3 is 6.09 Å². The average Bonchev–Trinajstić information content (AvgIpc) is 3.98. The molecule has 294 valence electrons. The van der Waals surface area contributed by atoms with Crippen molar-refractivity contribution in [3.05, 3.63) is 90.1 Å². The van der Waals surface area contributed by atoms with Gasteiger partial charge < -0.3 is 28.6 Å². The molecule has 3 fully saturated rings. The summed E-state index contributed by atoms with van der Waals surface area (Å²) in [6.45, 7) is 12.6. The Bertz CT molecular complexity index is 1890. The van der Waals surface area contributed by atoms with Crippen LogP contribution in [0, 0.1) is 5.92 Å². The smallest absolute Gasteiger partial charge is 0.410 e. The molecule has 0 bridgehead atoms. The van der Waals surface area contributed by atoms with Gasteiger partial charge in [0.2, 0.25) is 5.91 Å². The summed E-state index contributed by atoms with van der Waals surface area (Å²) in [6.07, 6.45) is 9.37. The molecule has 9 nitrogen and oxygen atoms in total. The van der Waals surface area contributed by atoms with Gasteiger partial charge in [-0.2, -0.15) is 0 Å². The summed E-state index contributed by atoms with van der Waals surface area (Å²) < 4.78 is 19.6. The lowest BCUT2D eigenvalue weighted by atomic mass is 9.79. The van der Waals surface area contributed by atoms with Crippen LogP contribution in [0.25, 0.3) is 22.0 Å². The Morgan fingerprint density at radius 2 is 1.62 bits per heavy atom. The lowest BCUT2D eigenvalue weighted by Gasteiger charge is -2.40. The molecule has 1 aromatic heterocycles. The van der Waals surface area contributed by atoms with Gasteiger partial charge in [-0.05, 0) is 119 Å². The molecule has 3 heterocycles. The molecular weight excluding hydrogens is 689 g/mol. The van der Waals surface area contributed by atoms with E-state index in [2.05, 4.69) is 93.4 Å². The Kier molecular flexibility index (Phi) is 12.5. The Labute approximate surface area is 327 Å². The summed E-state index contributed by atoms with van der Waals surface area (Å²) in [5.41, 5.74) is 5.07. The van der Waals surface area contributed by atoms with Crippen LogP contribution in [-0.4, -0.2) is 96.0 Å². The van der Waals surface area contributed by atoms with Gasteiger partial charge in [0.15, 0.2) is 0 Å². The van der Waals surface area contributed by atoms with Crippen molar-refractivity contribution in [1.82, 2.24) is 19.3 Å². The van der Waals surface area contributed by atoms with Crippen LogP contribution in [0.4, 0.5) is 4.79 Å². The van der Waals surface area contributed by atoms with E-state index in [1.54, 1.807) is 12.0 Å². The van der Waals surface area contributed by atoms with Crippen LogP contribution in [0.1, 0.15) is 82.8 Å². The lowest BCUT2D eigenvalue weighted by molar-refractivity contribution is -0.139. The van der Waals surface area contributed by atoms with Gasteiger partial charge in [0.1, 0.15) is 18.0 Å². The zero-order valence-electron chi connectivity index (χ0n) is 33.4. The van der Waals surface area contributed by atoms with Crippen molar-refractivity contribution in [2.24, 2.45) is 5.92 Å². The van der Waals surface area contributed by atoms with Crippen LogP contribution >= 0.6 is 0 Å². The zero-order valence-corrected chi connectivity index (χ0v) is 33.4. The minimum atomic E-state index is -0.618. The normalized spacial score (nSPS) is 19.4. The number of ether oxygens (including phenoxy) is 3. The predicted molar refractivity (Wildman–Crippen MR) is 218 cm³/mol. The second-order valence-electron chi connectivity index (χ2n) is 16.7. The fourth-order valence-electron chi connectivity index (χ4n) is 8.44. The van der Waals surface area contributed by atoms with Crippen LogP contribution in [0.2, 0.25) is 0 Å². The quantitative estimate of drug-likeness (QED) is 0.120. The number of nitrogens with zero attached hydrogens (tertiary/aromatic N) is 4. The van der Waals surface area contributed by atoms with E-state index < -0.39 is 11.5 Å². The molecule has 7 rings (SSSR count). The van der Waals surface area contributed by atoms with E-state index in [1.807, 2.05) is 20.8 Å². The van der Waals surface area contributed by atoms with E-state index in [0.29, 0.717) is 39.3 Å². The van der Waals surface area contributed by atoms with Crippen molar-refractivity contribution in [3.63, 3.8) is 0 Å². The minimum Gasteiger partial charge on any atom is -0.492 e. The van der Waals surface area contributed by atoms with Crippen molar-refractivity contribution in [2.75, 3.05) is 53.0 Å². The summed E-state index contributed by atoms with van der Waals surface area (Å²) in [5.74, 6) is 0.562. The molecule has 0 unspecified atom stereocenters. The van der Waals surface area contributed by atoms with Gasteiger partial charge in [-0.3, -0.25) is 9.69 Å². The first kappa shape index (κ1) is 38.9. The first-order chi connectivity index (χ1) is 26.7. The number of aromatic nitrogens is 1. The van der Waals surface area contributed by atoms with Gasteiger partial charge in [0, 0.05) is 69.6 Å². The van der Waals surface area contributed by atoms with Gasteiger partial charge in [-0.15, -0.1) is 0 Å². The maximum Gasteiger partial charge on any atom is 0.410 e. The molecular formula is C46H60N4O5. The van der Waals surface area contributed by atoms with E-state index in [4.69, 9.17) is 14.2 Å². The Balaban J connectivity index is 1.12. The van der Waals surface area contributed by atoms with E-state index in [9.17, 15) is 4.79 Å². The summed E-state index contributed by atoms with van der Waals surface area (Å²) in [6, 6.07) is 25.7. The van der Waals surface area contributed by atoms with Crippen LogP contribution in [0.15, 0.2) is 79.0 Å². The van der Waals surface area contributed by atoms with Crippen LogP contribution < -0.4 is 4.74 Å². The number of piperidine rings is 2. The monoisotopic (exact) mass is 748 g/mol. The van der Waals surface area contributed by atoms with Gasteiger partial charge in [0.05, 0.1) is 5.92 Å². The Morgan fingerprint density at radius 3 is 2.36 bits per heavy atom. The molecule has 3 aliphatic rings. The molecule has 55 heavy (non-hydrogen) atoms. The molecule has 1 aliphatic carbocycles. The van der Waals surface area contributed by atoms with Gasteiger partial charge in [0.25, 0.3) is 0 Å². The topological polar surface area (TPSA) is 76.5 Å². The van der Waals surface area contributed by atoms with Crippen molar-refractivity contribution < 1.29 is 23.8 Å². The molecule has 2 atom stereocenters. The maximum atomic E-state index is 15.1. The molecule has 2 amide bonds. The third-order valence-electron chi connectivity index (χ3n) is 11.4. The second-order valence-corrected chi connectivity index (χ2v) is 16.7. The van der Waals surface area contributed by atoms with E-state index in [0.717, 1.165) is 60.4 Å². The first-order valence-electron chi connectivity index (χ1n) is 20.6. The van der Waals surface area contributed by atoms with Crippen LogP contribution in [-0.2, 0) is 27.4 Å². The average molecular weight is 749 g/mol. The van der Waals surface area contributed by atoms with Crippen molar-refractivity contribution >= 4 is 22.9 Å². The third kappa shape index (κ3) is 9.92. The summed E-state index contributed by atoms with van der Waals surface area (Å²) in [4.78, 5) is 34.9. The molecule has 3 aromatic carbocycles. The largest absolute Gasteiger partial charge is 0.492 e. The molecule has 9 heteroatoms. The highest BCUT2D eigenvalue weighted by Gasteiger charge is 2.43. The molecule has 0 radical (unpaired) electrons. The Morgan fingerprint density at radius 1 is 0.836 bits per heavy atom. The van der Waals surface area contributed by atoms with E-state index >= 15 is 4.79 Å². The summed E-state index contributed by atoms with van der Waals surface area (Å²) >= 11 is 0. The standard InChI is InChI=1S/C46H60N4O5/c1-46(2,3)55-45(52)49-26-22-40(36-13-10-12-35(30-36)34-16-20-39(21-17-34)54-29-27-47-23-8-5-9-24-47)42(33-49)44(51)50(38-18-19-38)32-37-31-48(25-11-28-53-4)43-15-7-6-14-41(37)43/h6-7,10,12-17,20-21,30-31,38,40,42H,5,8-9,11,18-19,22-29,32-33H2,1-4H3/t40-,42+/m1/s1. The number of carbonyl (C=O) groups excluding carboxylic acids is 2. The third-order valence-corrected chi connectivity index (χ3v) is 11.4. The van der Waals surface area contributed by atoms with Crippen LogP contribution in [0.3, 0.4) is 0 Å². The summed E-state index contributed by atoms with van der Waals surface area (Å²) in [5, 5.41) is 1.18. The fourth-order valence-corrected chi connectivity index (χ4v) is 8.44. The molecule has 0 spiro atoms. The van der Waals surface area contributed by atoms with Crippen molar-refractivity contribution in [2.45, 2.75) is 96.4 Å². The second kappa shape index (κ2) is 17.6. The molecule has 0 N–H and O–H groups in total. The first-order valence-corrected chi connectivity index (χ1v) is 20.6. The number of carbonyl (C=O) groups is 2. The fraction of sp³-hybridized carbons (Fsp3) is 0.522. The number of hydrogen-bond donors (Lipinski definition) is 0. The number of fused-ring (bicyclic) bond motifs is 1. The van der Waals surface area contributed by atoms with Gasteiger partial charge in [-0.25, -0.2) is 4.79 Å². The highest BCUT2D eigenvalue weighted by molar-refractivity contribution is 5.86. The molecule has 1 saturated carbocycles. The van der Waals surface area contributed by atoms with Crippen LogP contribution in [0.5, 0.6) is 5.75 Å². The number of para-hydroxylation sites is 1. The van der Waals surface area contributed by atoms with Gasteiger partial charge in [-0.1, -0.05) is 61.0 Å². The van der Waals surface area contributed by atoms with Crippen molar-refractivity contribution in [1.29, 1.82) is 0 Å². The number of amides is 2. The Hall–Kier alpha value is -4.34. The highest BCUT2D eigenvalue weighted by Crippen LogP contribution is 2.40. The number of benzene rings is 3. The number of rotatable bonds is 14. The minimum absolute atomic E-state index is 0.0415. The maximum absolute atomic E-state index is 15.1. The predicted octanol–water partition coefficient (Wildman–Crippen LogP) is 8.74. The lowest BCUT2D eigenvalue weighted by Crippen LogP contribution is -2.51.